The van der Waals surface area contributed by atoms with Gasteiger partial charge in [-0.05, 0) is 80.2 Å². The van der Waals surface area contributed by atoms with E-state index in [9.17, 15) is 24.6 Å². The molecule has 0 bridgehead atoms. The van der Waals surface area contributed by atoms with Crippen molar-refractivity contribution in [2.45, 2.75) is 45.8 Å². The first kappa shape index (κ1) is 39.8. The number of fused-ring (bicyclic) bond motifs is 6. The fraction of sp³-hybridized carbons (Fsp3) is 0.262. The third kappa shape index (κ3) is 6.78. The topological polar surface area (TPSA) is 168 Å². The average Bonchev–Trinajstić information content (AvgIpc) is 4.00. The highest BCUT2D eigenvalue weighted by Gasteiger charge is 2.37. The molecule has 1 aliphatic carbocycles. The first-order chi connectivity index (χ1) is 27.0. The van der Waals surface area contributed by atoms with Crippen LogP contribution >= 0.6 is 34.0 Å². The normalized spacial score (nSPS) is 12.6. The molecule has 6 aromatic heterocycles. The molecule has 0 spiro atoms. The van der Waals surface area contributed by atoms with Crippen molar-refractivity contribution in [3.8, 4) is 23.0 Å². The Bertz CT molecular complexity index is 2680. The predicted octanol–water partition coefficient (Wildman–Crippen LogP) is 10.1. The average molecular weight is 831 g/mol. The molecule has 1 aliphatic rings. The summed E-state index contributed by atoms with van der Waals surface area (Å²) in [5.41, 5.74) is -0.451. The molecule has 2 N–H and O–H groups in total. The number of carbonyl (C=O) groups is 3. The summed E-state index contributed by atoms with van der Waals surface area (Å²) in [5.74, 6) is 3.21. The quantitative estimate of drug-likeness (QED) is 0.146. The van der Waals surface area contributed by atoms with E-state index in [0.29, 0.717) is 50.4 Å². The summed E-state index contributed by atoms with van der Waals surface area (Å²) >= 11 is 4.35. The molecule has 0 aliphatic heterocycles. The number of Topliss-reactive ketones (excluding diaryl/α,β-unsaturated/α-hetero) is 1. The minimum Gasteiger partial charge on any atom is -0.495 e. The van der Waals surface area contributed by atoms with Gasteiger partial charge in [0.15, 0.2) is 45.8 Å². The highest BCUT2D eigenvalue weighted by molar-refractivity contribution is 7.18. The number of thiophene rings is 3. The second kappa shape index (κ2) is 14.8. The summed E-state index contributed by atoms with van der Waals surface area (Å²) in [7, 11) is 6.46. The van der Waals surface area contributed by atoms with Crippen molar-refractivity contribution in [2.24, 2.45) is 0 Å². The number of ether oxygens (including phenoxy) is 4. The van der Waals surface area contributed by atoms with E-state index in [1.807, 2.05) is 29.0 Å². The first-order valence-corrected chi connectivity index (χ1v) is 20.0. The zero-order valence-electron chi connectivity index (χ0n) is 32.4. The molecule has 8 aromatic rings. The number of benzene rings is 2. The van der Waals surface area contributed by atoms with Gasteiger partial charge in [0.05, 0.1) is 59.1 Å². The molecule has 57 heavy (non-hydrogen) atoms. The van der Waals surface area contributed by atoms with Crippen LogP contribution in [0.5, 0.6) is 23.0 Å². The van der Waals surface area contributed by atoms with E-state index in [1.54, 1.807) is 96.3 Å². The van der Waals surface area contributed by atoms with Crippen LogP contribution in [0, 0.1) is 0 Å². The van der Waals surface area contributed by atoms with Gasteiger partial charge in [0.25, 0.3) is 0 Å². The molecule has 12 nitrogen and oxygen atoms in total. The Hall–Kier alpha value is -5.45. The summed E-state index contributed by atoms with van der Waals surface area (Å²) in [6.07, 6.45) is 0. The van der Waals surface area contributed by atoms with E-state index in [4.69, 9.17) is 32.2 Å². The Morgan fingerprint density at radius 1 is 0.596 bits per heavy atom. The van der Waals surface area contributed by atoms with Crippen molar-refractivity contribution in [3.05, 3.63) is 91.6 Å². The number of hydrogen-bond donors (Lipinski definition) is 2. The molecular formula is C42H38O12S3. The van der Waals surface area contributed by atoms with Gasteiger partial charge < -0.3 is 42.4 Å². The van der Waals surface area contributed by atoms with Crippen LogP contribution in [0.2, 0.25) is 0 Å². The molecule has 0 atom stereocenters. The van der Waals surface area contributed by atoms with Gasteiger partial charge in [-0.15, -0.1) is 34.0 Å². The summed E-state index contributed by atoms with van der Waals surface area (Å²) in [6.45, 7) is 7.93. The molecule has 0 radical (unpaired) electrons. The molecule has 0 unspecified atom stereocenters. The number of methoxy groups -OCH3 is 4. The number of carbonyl (C=O) groups excluding carboxylic acids is 3. The Kier molecular flexibility index (Phi) is 10.3. The van der Waals surface area contributed by atoms with Crippen LogP contribution in [0.3, 0.4) is 0 Å². The lowest BCUT2D eigenvalue weighted by molar-refractivity contribution is 0.0526. The highest BCUT2D eigenvalue weighted by Crippen LogP contribution is 2.48. The fourth-order valence-corrected chi connectivity index (χ4v) is 9.16. The third-order valence-corrected chi connectivity index (χ3v) is 12.0. The molecule has 6 heterocycles. The smallest absolute Gasteiger partial charge is 0.239 e. The highest BCUT2D eigenvalue weighted by atomic mass is 32.1. The van der Waals surface area contributed by atoms with Crippen molar-refractivity contribution in [1.82, 2.24) is 0 Å². The Labute approximate surface area is 337 Å². The van der Waals surface area contributed by atoms with Gasteiger partial charge in [0.2, 0.25) is 5.78 Å². The van der Waals surface area contributed by atoms with E-state index in [-0.39, 0.29) is 34.4 Å². The second-order valence-corrected chi connectivity index (χ2v) is 16.8. The zero-order chi connectivity index (χ0) is 41.1. The molecule has 0 saturated heterocycles. The number of rotatable bonds is 7. The minimum absolute atomic E-state index is 0.0343. The van der Waals surface area contributed by atoms with Gasteiger partial charge in [-0.25, -0.2) is 0 Å². The lowest BCUT2D eigenvalue weighted by Crippen LogP contribution is -2.16. The Morgan fingerprint density at radius 2 is 1.09 bits per heavy atom. The Morgan fingerprint density at radius 3 is 1.60 bits per heavy atom. The molecule has 0 fully saturated rings. The van der Waals surface area contributed by atoms with Gasteiger partial charge in [0.1, 0.15) is 34.2 Å². The van der Waals surface area contributed by atoms with Crippen LogP contribution in [0.1, 0.15) is 88.0 Å². The molecule has 9 rings (SSSR count). The van der Waals surface area contributed by atoms with E-state index in [2.05, 4.69) is 0 Å². The van der Waals surface area contributed by atoms with Crippen molar-refractivity contribution < 1.29 is 56.8 Å². The van der Waals surface area contributed by atoms with E-state index < -0.39 is 11.2 Å². The maximum Gasteiger partial charge on any atom is 0.239 e. The maximum atomic E-state index is 12.2. The maximum absolute atomic E-state index is 12.2. The van der Waals surface area contributed by atoms with Gasteiger partial charge in [-0.1, -0.05) is 0 Å². The SMILES string of the molecule is CC(C)(O)c1cc2c(o1)C(=O)c1sccc1C2=O.COc1c2cc(C(C)(C)O)oc2c(OC)c2sccc12.COc1c2cc(C(C)=O)oc2c(OC)c2sccc12. The second-order valence-electron chi connectivity index (χ2n) is 14.0. The largest absolute Gasteiger partial charge is 0.495 e. The number of ketones is 3. The Balaban J connectivity index is 0.000000131. The number of furan rings is 3. The van der Waals surface area contributed by atoms with Crippen LogP contribution in [-0.2, 0) is 11.2 Å². The van der Waals surface area contributed by atoms with E-state index >= 15 is 0 Å². The molecule has 15 heteroatoms. The predicted molar refractivity (Wildman–Crippen MR) is 220 cm³/mol. The number of hydrogen-bond acceptors (Lipinski definition) is 15. The third-order valence-electron chi connectivity index (χ3n) is 9.27. The monoisotopic (exact) mass is 830 g/mol. The van der Waals surface area contributed by atoms with Crippen LogP contribution in [0.15, 0.2) is 65.8 Å². The van der Waals surface area contributed by atoms with Crippen LogP contribution in [0.4, 0.5) is 0 Å². The molecular weight excluding hydrogens is 793 g/mol. The summed E-state index contributed by atoms with van der Waals surface area (Å²) in [6, 6.07) is 10.6. The molecule has 0 amide bonds. The van der Waals surface area contributed by atoms with Gasteiger partial charge >= 0.3 is 0 Å². The van der Waals surface area contributed by atoms with E-state index in [1.165, 1.54) is 24.3 Å². The molecule has 2 aromatic carbocycles. The standard InChI is InChI=1S/C15H16O4S.C14H12O4S.C13H10O4S/c1-15(2,16)10-7-9-11(17-3)8-5-6-20-14(8)13(18-4)12(9)19-10;1-7(15)10-6-9-11(16-2)8-4-5-19-14(8)13(17-3)12(9)18-10;1-13(2,16)8-5-7-9(14)6-3-4-18-12(6)10(15)11(7)17-8/h5-7,16H,1-4H3;4-6H,1-3H3;3-5,16H,1-2H3. The van der Waals surface area contributed by atoms with Gasteiger partial charge in [-0.2, -0.15) is 0 Å². The van der Waals surface area contributed by atoms with Crippen molar-refractivity contribution in [3.63, 3.8) is 0 Å². The molecule has 296 valence electrons. The summed E-state index contributed by atoms with van der Waals surface area (Å²) in [4.78, 5) is 36.2. The first-order valence-electron chi connectivity index (χ1n) is 17.4. The van der Waals surface area contributed by atoms with E-state index in [0.717, 1.165) is 36.7 Å². The lowest BCUT2D eigenvalue weighted by atomic mass is 9.94. The van der Waals surface area contributed by atoms with Crippen LogP contribution < -0.4 is 18.9 Å². The molecule has 0 saturated carbocycles. The lowest BCUT2D eigenvalue weighted by Gasteiger charge is -2.12. The van der Waals surface area contributed by atoms with Gasteiger partial charge in [-0.3, -0.25) is 14.4 Å². The summed E-state index contributed by atoms with van der Waals surface area (Å²) < 4.78 is 40.7. The zero-order valence-corrected chi connectivity index (χ0v) is 34.8. The minimum atomic E-state index is -1.22. The van der Waals surface area contributed by atoms with Crippen molar-refractivity contribution in [1.29, 1.82) is 0 Å². The number of aliphatic hydroxyl groups is 2. The fourth-order valence-electron chi connectivity index (χ4n) is 6.51. The summed E-state index contributed by atoms with van der Waals surface area (Å²) in [5, 5.41) is 29.2. The van der Waals surface area contributed by atoms with Crippen LogP contribution in [-0.4, -0.2) is 56.0 Å². The van der Waals surface area contributed by atoms with Crippen LogP contribution in [0.25, 0.3) is 42.1 Å². The van der Waals surface area contributed by atoms with Crippen molar-refractivity contribution >= 4 is 93.5 Å². The van der Waals surface area contributed by atoms with Crippen molar-refractivity contribution in [2.75, 3.05) is 28.4 Å². The van der Waals surface area contributed by atoms with Gasteiger partial charge in [0, 0.05) is 23.3 Å².